The van der Waals surface area contributed by atoms with Crippen LogP contribution in [-0.2, 0) is 14.3 Å². The molecular weight excluding hydrogens is 196 g/mol. The molecule has 0 saturated carbocycles. The maximum absolute atomic E-state index is 11.4. The Labute approximate surface area is 90.6 Å². The average Bonchev–Trinajstić information content (AvgIpc) is 2.24. The zero-order valence-electron chi connectivity index (χ0n) is 9.79. The first kappa shape index (κ1) is 13.9. The highest BCUT2D eigenvalue weighted by Crippen LogP contribution is 1.96. The number of esters is 1. The smallest absolute Gasteiger partial charge is 0.322 e. The van der Waals surface area contributed by atoms with E-state index in [1.54, 1.807) is 6.92 Å². The van der Waals surface area contributed by atoms with E-state index in [1.807, 2.05) is 13.8 Å². The van der Waals surface area contributed by atoms with E-state index in [0.29, 0.717) is 13.0 Å². The summed E-state index contributed by atoms with van der Waals surface area (Å²) in [5.74, 6) is -0.450. The highest BCUT2D eigenvalue weighted by Gasteiger charge is 2.21. The molecule has 0 saturated heterocycles. The zero-order chi connectivity index (χ0) is 11.8. The molecule has 0 aliphatic rings. The van der Waals surface area contributed by atoms with Gasteiger partial charge in [0.15, 0.2) is 0 Å². The molecule has 1 amide bonds. The van der Waals surface area contributed by atoms with Crippen molar-refractivity contribution in [2.45, 2.75) is 39.3 Å². The summed E-state index contributed by atoms with van der Waals surface area (Å²) in [6.07, 6.45) is 0.594. The second kappa shape index (κ2) is 7.23. The minimum absolute atomic E-state index is 0.111. The number of methoxy groups -OCH3 is 1. The van der Waals surface area contributed by atoms with Crippen LogP contribution in [0.4, 0.5) is 0 Å². The van der Waals surface area contributed by atoms with Gasteiger partial charge < -0.3 is 10.1 Å². The van der Waals surface area contributed by atoms with Crippen molar-refractivity contribution in [1.29, 1.82) is 0 Å². The number of hydrogen-bond donors (Lipinski definition) is 2. The summed E-state index contributed by atoms with van der Waals surface area (Å²) in [6.45, 7) is 6.01. The molecule has 2 N–H and O–H groups in total. The number of nitrogens with one attached hydrogen (secondary N) is 2. The monoisotopic (exact) mass is 216 g/mol. The lowest BCUT2D eigenvalue weighted by atomic mass is 10.2. The Morgan fingerprint density at radius 1 is 1.33 bits per heavy atom. The molecule has 0 spiro atoms. The standard InChI is InChI=1S/C10H20N2O3/c1-5-8(10(14)15-4)12-7(3)9(13)11-6-2/h7-8,12H,5-6H2,1-4H3,(H,11,13). The normalized spacial score (nSPS) is 14.1. The van der Waals surface area contributed by atoms with E-state index in [4.69, 9.17) is 0 Å². The fourth-order valence-corrected chi connectivity index (χ4v) is 1.20. The van der Waals surface area contributed by atoms with Crippen molar-refractivity contribution in [2.75, 3.05) is 13.7 Å². The zero-order valence-corrected chi connectivity index (χ0v) is 9.79. The van der Waals surface area contributed by atoms with Crippen molar-refractivity contribution >= 4 is 11.9 Å². The Morgan fingerprint density at radius 3 is 2.33 bits per heavy atom. The first-order chi connectivity index (χ1) is 7.06. The first-order valence-electron chi connectivity index (χ1n) is 5.18. The van der Waals surface area contributed by atoms with Crippen molar-refractivity contribution < 1.29 is 14.3 Å². The minimum Gasteiger partial charge on any atom is -0.468 e. The Bertz CT molecular complexity index is 219. The molecule has 15 heavy (non-hydrogen) atoms. The van der Waals surface area contributed by atoms with Gasteiger partial charge in [-0.05, 0) is 20.3 Å². The van der Waals surface area contributed by atoms with Crippen LogP contribution in [0.15, 0.2) is 0 Å². The van der Waals surface area contributed by atoms with Crippen molar-refractivity contribution in [3.8, 4) is 0 Å². The van der Waals surface area contributed by atoms with Crippen molar-refractivity contribution in [1.82, 2.24) is 10.6 Å². The van der Waals surface area contributed by atoms with Crippen LogP contribution >= 0.6 is 0 Å². The van der Waals surface area contributed by atoms with E-state index in [1.165, 1.54) is 7.11 Å². The Kier molecular flexibility index (Phi) is 6.70. The molecule has 0 bridgehead atoms. The van der Waals surface area contributed by atoms with Crippen LogP contribution < -0.4 is 10.6 Å². The molecule has 0 aromatic carbocycles. The van der Waals surface area contributed by atoms with Gasteiger partial charge >= 0.3 is 5.97 Å². The van der Waals surface area contributed by atoms with Gasteiger partial charge in [-0.15, -0.1) is 0 Å². The second-order valence-electron chi connectivity index (χ2n) is 3.27. The summed E-state index contributed by atoms with van der Waals surface area (Å²) in [7, 11) is 1.34. The number of carbonyl (C=O) groups excluding carboxylic acids is 2. The third-order valence-corrected chi connectivity index (χ3v) is 2.09. The summed E-state index contributed by atoms with van der Waals surface area (Å²) in [6, 6.07) is -0.818. The molecule has 2 unspecified atom stereocenters. The molecule has 0 aliphatic carbocycles. The van der Waals surface area contributed by atoms with Crippen LogP contribution in [0.5, 0.6) is 0 Å². The molecule has 5 nitrogen and oxygen atoms in total. The van der Waals surface area contributed by atoms with Gasteiger partial charge in [0.05, 0.1) is 13.2 Å². The van der Waals surface area contributed by atoms with Crippen LogP contribution in [0.25, 0.3) is 0 Å². The average molecular weight is 216 g/mol. The molecule has 0 aromatic heterocycles. The highest BCUT2D eigenvalue weighted by atomic mass is 16.5. The van der Waals surface area contributed by atoms with Gasteiger partial charge in [0.2, 0.25) is 5.91 Å². The lowest BCUT2D eigenvalue weighted by molar-refractivity contribution is -0.143. The van der Waals surface area contributed by atoms with E-state index >= 15 is 0 Å². The molecule has 0 radical (unpaired) electrons. The molecule has 0 fully saturated rings. The van der Waals surface area contributed by atoms with Gasteiger partial charge in [-0.1, -0.05) is 6.92 Å². The lowest BCUT2D eigenvalue weighted by Gasteiger charge is -2.19. The summed E-state index contributed by atoms with van der Waals surface area (Å²) >= 11 is 0. The number of rotatable bonds is 6. The van der Waals surface area contributed by atoms with E-state index < -0.39 is 12.1 Å². The molecule has 0 rings (SSSR count). The van der Waals surface area contributed by atoms with Gasteiger partial charge in [-0.3, -0.25) is 14.9 Å². The third kappa shape index (κ3) is 4.78. The van der Waals surface area contributed by atoms with Gasteiger partial charge in [-0.2, -0.15) is 0 Å². The molecule has 0 heterocycles. The second-order valence-corrected chi connectivity index (χ2v) is 3.27. The van der Waals surface area contributed by atoms with Crippen LogP contribution in [0.2, 0.25) is 0 Å². The van der Waals surface area contributed by atoms with Crippen LogP contribution in [-0.4, -0.2) is 37.6 Å². The fraction of sp³-hybridized carbons (Fsp3) is 0.800. The maximum Gasteiger partial charge on any atom is 0.322 e. The first-order valence-corrected chi connectivity index (χ1v) is 5.18. The van der Waals surface area contributed by atoms with Crippen LogP contribution in [0.3, 0.4) is 0 Å². The number of amides is 1. The Morgan fingerprint density at radius 2 is 1.93 bits per heavy atom. The van der Waals surface area contributed by atoms with Crippen LogP contribution in [0.1, 0.15) is 27.2 Å². The summed E-state index contributed by atoms with van der Waals surface area (Å²) in [4.78, 5) is 22.6. The highest BCUT2D eigenvalue weighted by molar-refractivity contribution is 5.82. The van der Waals surface area contributed by atoms with E-state index in [9.17, 15) is 9.59 Å². The number of ether oxygens (including phenoxy) is 1. The topological polar surface area (TPSA) is 67.4 Å². The lowest BCUT2D eigenvalue weighted by Crippen LogP contribution is -2.49. The van der Waals surface area contributed by atoms with Gasteiger partial charge in [0.1, 0.15) is 6.04 Å². The number of likely N-dealkylation sites (N-methyl/N-ethyl adjacent to an activating group) is 1. The van der Waals surface area contributed by atoms with Gasteiger partial charge in [0.25, 0.3) is 0 Å². The minimum atomic E-state index is -0.424. The Balaban J connectivity index is 4.17. The summed E-state index contributed by atoms with van der Waals surface area (Å²) in [5.41, 5.74) is 0. The molecule has 2 atom stereocenters. The molecular formula is C10H20N2O3. The molecule has 88 valence electrons. The molecule has 0 aliphatic heterocycles. The van der Waals surface area contributed by atoms with Crippen LogP contribution in [0, 0.1) is 0 Å². The molecule has 5 heteroatoms. The fourth-order valence-electron chi connectivity index (χ4n) is 1.20. The predicted octanol–water partition coefficient (Wildman–Crippen LogP) is 0.0522. The Hall–Kier alpha value is -1.10. The molecule has 0 aromatic rings. The largest absolute Gasteiger partial charge is 0.468 e. The van der Waals surface area contributed by atoms with E-state index in [2.05, 4.69) is 15.4 Å². The van der Waals surface area contributed by atoms with Gasteiger partial charge in [-0.25, -0.2) is 0 Å². The quantitative estimate of drug-likeness (QED) is 0.616. The van der Waals surface area contributed by atoms with Crippen molar-refractivity contribution in [3.05, 3.63) is 0 Å². The third-order valence-electron chi connectivity index (χ3n) is 2.09. The van der Waals surface area contributed by atoms with Crippen molar-refractivity contribution in [2.24, 2.45) is 0 Å². The summed E-state index contributed by atoms with van der Waals surface area (Å²) in [5, 5.41) is 5.59. The number of carbonyl (C=O) groups is 2. The van der Waals surface area contributed by atoms with Crippen molar-refractivity contribution in [3.63, 3.8) is 0 Å². The van der Waals surface area contributed by atoms with Gasteiger partial charge in [0, 0.05) is 6.54 Å². The summed E-state index contributed by atoms with van der Waals surface area (Å²) < 4.78 is 4.61. The van der Waals surface area contributed by atoms with E-state index in [-0.39, 0.29) is 11.9 Å². The predicted molar refractivity (Wildman–Crippen MR) is 57.4 cm³/mol. The SMILES string of the molecule is CCNC(=O)C(C)NC(CC)C(=O)OC. The van der Waals surface area contributed by atoms with E-state index in [0.717, 1.165) is 0 Å². The number of hydrogen-bond acceptors (Lipinski definition) is 4. The maximum atomic E-state index is 11.4.